The summed E-state index contributed by atoms with van der Waals surface area (Å²) in [5.41, 5.74) is -0.898. The zero-order valence-corrected chi connectivity index (χ0v) is 34.6. The van der Waals surface area contributed by atoms with Crippen LogP contribution in [0.3, 0.4) is 0 Å². The van der Waals surface area contributed by atoms with Gasteiger partial charge in [-0.2, -0.15) is 5.10 Å². The molecule has 3 heterocycles. The van der Waals surface area contributed by atoms with Gasteiger partial charge in [-0.1, -0.05) is 12.8 Å². The Morgan fingerprint density at radius 2 is 1.62 bits per heavy atom. The predicted molar refractivity (Wildman–Crippen MR) is 211 cm³/mol. The highest BCUT2D eigenvalue weighted by Crippen LogP contribution is 2.41. The van der Waals surface area contributed by atoms with Gasteiger partial charge >= 0.3 is 12.2 Å². The molecular weight excluding hydrogens is 754 g/mol. The van der Waals surface area contributed by atoms with Crippen LogP contribution in [0.1, 0.15) is 146 Å². The summed E-state index contributed by atoms with van der Waals surface area (Å²) in [6.07, 6.45) is 7.88. The van der Waals surface area contributed by atoms with Gasteiger partial charge in [0, 0.05) is 44.0 Å². The van der Waals surface area contributed by atoms with Crippen LogP contribution in [-0.2, 0) is 14.3 Å². The van der Waals surface area contributed by atoms with Gasteiger partial charge in [-0.3, -0.25) is 19.3 Å². The van der Waals surface area contributed by atoms with E-state index < -0.39 is 41.4 Å². The summed E-state index contributed by atoms with van der Waals surface area (Å²) in [7, 11) is 1.80. The molecule has 3 aromatic heterocycles. The number of unbranched alkanes of at least 4 members (excludes halogenated alkanes) is 3. The zero-order valence-electron chi connectivity index (χ0n) is 34.6. The normalized spacial score (nSPS) is 17.7. The number of hydrogen-bond acceptors (Lipinski definition) is 10. The lowest BCUT2D eigenvalue weighted by Gasteiger charge is -2.30. The number of carbonyl (C=O) groups excluding carboxylic acids is 4. The lowest BCUT2D eigenvalue weighted by atomic mass is 9.85. The van der Waals surface area contributed by atoms with E-state index in [1.807, 2.05) is 20.8 Å². The van der Waals surface area contributed by atoms with Crippen molar-refractivity contribution >= 4 is 29.7 Å². The summed E-state index contributed by atoms with van der Waals surface area (Å²) in [5, 5.41) is 12.4. The first-order chi connectivity index (χ1) is 27.4. The number of rotatable bonds is 16. The van der Waals surface area contributed by atoms with Crippen LogP contribution in [0.5, 0.6) is 0 Å². The minimum absolute atomic E-state index is 0.0712. The third-order valence-corrected chi connectivity index (χ3v) is 9.95. The molecule has 1 unspecified atom stereocenters. The van der Waals surface area contributed by atoms with Crippen molar-refractivity contribution in [3.05, 3.63) is 47.9 Å². The Kier molecular flexibility index (Phi) is 14.5. The van der Waals surface area contributed by atoms with E-state index in [4.69, 9.17) is 13.9 Å². The number of aromatic nitrogens is 4. The van der Waals surface area contributed by atoms with Gasteiger partial charge in [-0.05, 0) is 111 Å². The molecule has 4 amide bonds. The summed E-state index contributed by atoms with van der Waals surface area (Å²) in [5.74, 6) is -0.523. The first-order valence-corrected chi connectivity index (χ1v) is 20.2. The number of nitrogens with one attached hydrogen (secondary N) is 3. The van der Waals surface area contributed by atoms with Crippen LogP contribution in [0.15, 0.2) is 35.2 Å². The maximum atomic E-state index is 14.2. The average molecular weight is 813 g/mol. The van der Waals surface area contributed by atoms with Gasteiger partial charge in [0.2, 0.25) is 11.8 Å². The van der Waals surface area contributed by atoms with E-state index in [1.54, 1.807) is 51.0 Å². The largest absolute Gasteiger partial charge is 0.444 e. The first kappa shape index (κ1) is 44.0. The van der Waals surface area contributed by atoms with Crippen molar-refractivity contribution < 1.29 is 41.8 Å². The minimum Gasteiger partial charge on any atom is -0.444 e. The summed E-state index contributed by atoms with van der Waals surface area (Å²) < 4.78 is 46.1. The lowest BCUT2D eigenvalue weighted by Crippen LogP contribution is -2.36. The van der Waals surface area contributed by atoms with Crippen LogP contribution in [0, 0.1) is 11.8 Å². The van der Waals surface area contributed by atoms with Crippen LogP contribution in [-0.4, -0.2) is 80.0 Å². The van der Waals surface area contributed by atoms with Crippen molar-refractivity contribution in [3.63, 3.8) is 0 Å². The van der Waals surface area contributed by atoms with Crippen LogP contribution < -0.4 is 16.0 Å². The Bertz CT molecular complexity index is 1870. The molecule has 0 aliphatic heterocycles. The molecule has 3 N–H and O–H groups in total. The second-order valence-corrected chi connectivity index (χ2v) is 17.2. The number of ether oxygens (including phenoxy) is 2. The fraction of sp³-hybridized carbons (Fsp3) is 0.634. The first-order valence-electron chi connectivity index (χ1n) is 20.2. The summed E-state index contributed by atoms with van der Waals surface area (Å²) in [4.78, 5) is 61.3. The maximum absolute atomic E-state index is 14.2. The van der Waals surface area contributed by atoms with Gasteiger partial charge in [0.05, 0.1) is 23.5 Å². The SMILES string of the molecule is CN(CCCCCCNC(=O)OC(C)(C)C)C(=O)C1CCC(n2cc(NC(=O)c3coc(-c4ccnc(C(NC(=O)OC(C)(C)C)C5CC5)c4)n3)c(C(F)F)n2)CC1. The average Bonchev–Trinajstić information content (AvgIpc) is 3.70. The van der Waals surface area contributed by atoms with Crippen molar-refractivity contribution in [2.45, 2.75) is 135 Å². The van der Waals surface area contributed by atoms with E-state index in [0.29, 0.717) is 50.0 Å². The standard InChI is InChI=1S/C41H58F2N8O7/c1-40(2,3)57-38(54)45-19-10-8-9-11-21-50(7)37(53)26-14-16-28(17-15-26)51-23-30(33(49-51)34(42)43)46-35(52)31-24-56-36(47-31)27-18-20-44-29(22-27)32(25-12-13-25)48-39(55)58-41(4,5)6/h18,20,22-26,28,32,34H,8-17,19,21H2,1-7H3,(H,45,54)(H,46,52)(H,48,55). The molecule has 3 aromatic rings. The van der Waals surface area contributed by atoms with Gasteiger partial charge in [0.25, 0.3) is 12.3 Å². The Hall–Kier alpha value is -5.09. The van der Waals surface area contributed by atoms with E-state index in [1.165, 1.54) is 10.9 Å². The van der Waals surface area contributed by atoms with Crippen LogP contribution >= 0.6 is 0 Å². The number of alkyl carbamates (subject to hydrolysis) is 2. The number of amides is 4. The van der Waals surface area contributed by atoms with E-state index >= 15 is 0 Å². The minimum atomic E-state index is -2.94. The number of alkyl halides is 2. The molecule has 1 atom stereocenters. The highest BCUT2D eigenvalue weighted by Gasteiger charge is 2.36. The fourth-order valence-corrected chi connectivity index (χ4v) is 6.94. The van der Waals surface area contributed by atoms with Crippen molar-refractivity contribution in [2.24, 2.45) is 11.8 Å². The molecule has 2 saturated carbocycles. The summed E-state index contributed by atoms with van der Waals surface area (Å²) >= 11 is 0. The maximum Gasteiger partial charge on any atom is 0.408 e. The van der Waals surface area contributed by atoms with Gasteiger partial charge in [-0.25, -0.2) is 23.4 Å². The van der Waals surface area contributed by atoms with Gasteiger partial charge in [-0.15, -0.1) is 0 Å². The Balaban J connectivity index is 1.10. The Labute approximate surface area is 338 Å². The molecule has 15 nitrogen and oxygen atoms in total. The summed E-state index contributed by atoms with van der Waals surface area (Å²) in [6.45, 7) is 12.0. The molecule has 2 aliphatic rings. The Morgan fingerprint density at radius 1 is 0.948 bits per heavy atom. The van der Waals surface area contributed by atoms with Crippen LogP contribution in [0.4, 0.5) is 24.1 Å². The quantitative estimate of drug-likeness (QED) is 0.119. The van der Waals surface area contributed by atoms with Gasteiger partial charge in [0.15, 0.2) is 11.4 Å². The topological polar surface area (TPSA) is 183 Å². The van der Waals surface area contributed by atoms with Crippen molar-refractivity contribution in [1.82, 2.24) is 35.3 Å². The van der Waals surface area contributed by atoms with Crippen LogP contribution in [0.25, 0.3) is 11.5 Å². The molecule has 17 heteroatoms. The number of hydrogen-bond donors (Lipinski definition) is 3. The molecule has 2 aliphatic carbocycles. The molecule has 58 heavy (non-hydrogen) atoms. The van der Waals surface area contributed by atoms with Gasteiger partial charge < -0.3 is 34.7 Å². The molecule has 0 aromatic carbocycles. The van der Waals surface area contributed by atoms with Crippen molar-refractivity contribution in [1.29, 1.82) is 0 Å². The smallest absolute Gasteiger partial charge is 0.408 e. The third kappa shape index (κ3) is 13.0. The number of carbonyl (C=O) groups is 4. The number of pyridine rings is 1. The summed E-state index contributed by atoms with van der Waals surface area (Å²) in [6, 6.07) is 2.79. The second kappa shape index (κ2) is 19.1. The molecule has 318 valence electrons. The highest BCUT2D eigenvalue weighted by atomic mass is 19.3. The molecule has 0 bridgehead atoms. The predicted octanol–water partition coefficient (Wildman–Crippen LogP) is 8.37. The number of nitrogens with zero attached hydrogens (tertiary/aromatic N) is 5. The lowest BCUT2D eigenvalue weighted by molar-refractivity contribution is -0.135. The molecular formula is C41H58F2N8O7. The molecule has 0 radical (unpaired) electrons. The van der Waals surface area contributed by atoms with E-state index in [2.05, 4.69) is 31.0 Å². The second-order valence-electron chi connectivity index (χ2n) is 17.2. The third-order valence-electron chi connectivity index (χ3n) is 9.95. The van der Waals surface area contributed by atoms with Gasteiger partial charge in [0.1, 0.15) is 17.5 Å². The molecule has 5 rings (SSSR count). The number of halogens is 2. The molecule has 0 saturated heterocycles. The monoisotopic (exact) mass is 812 g/mol. The van der Waals surface area contributed by atoms with E-state index in [9.17, 15) is 28.0 Å². The molecule has 2 fully saturated rings. The Morgan fingerprint density at radius 3 is 2.28 bits per heavy atom. The van der Waals surface area contributed by atoms with E-state index in [0.717, 1.165) is 44.8 Å². The molecule has 0 spiro atoms. The van der Waals surface area contributed by atoms with Crippen LogP contribution in [0.2, 0.25) is 0 Å². The number of anilines is 1. The highest BCUT2D eigenvalue weighted by molar-refractivity contribution is 6.03. The fourth-order valence-electron chi connectivity index (χ4n) is 6.94. The number of oxazole rings is 1. The van der Waals surface area contributed by atoms with E-state index in [-0.39, 0.29) is 47.1 Å². The van der Waals surface area contributed by atoms with Crippen molar-refractivity contribution in [3.8, 4) is 11.5 Å². The van der Waals surface area contributed by atoms with Crippen molar-refractivity contribution in [2.75, 3.05) is 25.5 Å². The zero-order chi connectivity index (χ0) is 42.2.